The van der Waals surface area contributed by atoms with Crippen LogP contribution in [0.5, 0.6) is 0 Å². The summed E-state index contributed by atoms with van der Waals surface area (Å²) in [7, 11) is 0. The molecular weight excluding hydrogens is 482 g/mol. The number of carbonyl (C=O) groups excluding carboxylic acids is 2. The Balaban J connectivity index is 1.28. The molecule has 10 heteroatoms. The van der Waals surface area contributed by atoms with Gasteiger partial charge in [0.25, 0.3) is 5.91 Å². The zero-order valence-corrected chi connectivity index (χ0v) is 21.4. The molecule has 1 saturated heterocycles. The number of aromatic nitrogens is 3. The summed E-state index contributed by atoms with van der Waals surface area (Å²) in [5.74, 6) is 1.62. The summed E-state index contributed by atoms with van der Waals surface area (Å²) in [5.41, 5.74) is 3.38. The lowest BCUT2D eigenvalue weighted by molar-refractivity contribution is 0.0560. The van der Waals surface area contributed by atoms with Gasteiger partial charge >= 0.3 is 6.09 Å². The monoisotopic (exact) mass is 511 g/mol. The van der Waals surface area contributed by atoms with E-state index in [-0.39, 0.29) is 12.0 Å². The standard InChI is InChI=1S/C26H30ClN5O4/c1-3-12-35-26(34)32-10-8-31(9-11-32)25(33)18-5-6-19-22(15-18)29-21-7-4-17(13-20(21)24(19)27)14-23-28-16(2)36-30-23/h5-6,15,17H,3-4,7-14H2,1-2H3. The number of halogens is 1. The highest BCUT2D eigenvalue weighted by molar-refractivity contribution is 6.36. The van der Waals surface area contributed by atoms with Gasteiger partial charge in [0.15, 0.2) is 5.82 Å². The summed E-state index contributed by atoms with van der Waals surface area (Å²) >= 11 is 6.86. The third kappa shape index (κ3) is 5.02. The minimum Gasteiger partial charge on any atom is -0.449 e. The van der Waals surface area contributed by atoms with Gasteiger partial charge in [0, 0.05) is 56.2 Å². The molecule has 1 fully saturated rings. The van der Waals surface area contributed by atoms with Gasteiger partial charge in [-0.3, -0.25) is 9.78 Å². The molecule has 1 aliphatic heterocycles. The zero-order valence-electron chi connectivity index (χ0n) is 20.6. The summed E-state index contributed by atoms with van der Waals surface area (Å²) < 4.78 is 10.3. The largest absolute Gasteiger partial charge is 0.449 e. The molecule has 9 nitrogen and oxygen atoms in total. The number of amides is 2. The van der Waals surface area contributed by atoms with E-state index in [0.29, 0.717) is 55.2 Å². The minimum absolute atomic E-state index is 0.0652. The maximum atomic E-state index is 13.2. The van der Waals surface area contributed by atoms with Gasteiger partial charge in [-0.15, -0.1) is 0 Å². The molecule has 1 unspecified atom stereocenters. The Morgan fingerprint density at radius 2 is 1.94 bits per heavy atom. The van der Waals surface area contributed by atoms with Crippen molar-refractivity contribution in [2.75, 3.05) is 32.8 Å². The number of fused-ring (bicyclic) bond motifs is 2. The average Bonchev–Trinajstić information content (AvgIpc) is 3.31. The molecule has 36 heavy (non-hydrogen) atoms. The number of hydrogen-bond acceptors (Lipinski definition) is 7. The van der Waals surface area contributed by atoms with Gasteiger partial charge in [-0.2, -0.15) is 4.98 Å². The highest BCUT2D eigenvalue weighted by Gasteiger charge is 2.28. The Morgan fingerprint density at radius 1 is 1.17 bits per heavy atom. The fourth-order valence-electron chi connectivity index (χ4n) is 5.00. The Labute approximate surface area is 214 Å². The van der Waals surface area contributed by atoms with Crippen LogP contribution in [0.25, 0.3) is 10.9 Å². The molecule has 3 aromatic rings. The van der Waals surface area contributed by atoms with Crippen molar-refractivity contribution in [3.8, 4) is 0 Å². The second kappa shape index (κ2) is 10.4. The van der Waals surface area contributed by atoms with Gasteiger partial charge in [0.2, 0.25) is 5.89 Å². The van der Waals surface area contributed by atoms with Crippen LogP contribution in [0.4, 0.5) is 4.79 Å². The first kappa shape index (κ1) is 24.5. The number of nitrogens with zero attached hydrogens (tertiary/aromatic N) is 5. The van der Waals surface area contributed by atoms with Crippen molar-refractivity contribution >= 4 is 34.5 Å². The average molecular weight is 512 g/mol. The molecule has 1 aromatic carbocycles. The van der Waals surface area contributed by atoms with E-state index in [1.807, 2.05) is 25.1 Å². The Hall–Kier alpha value is -3.20. The van der Waals surface area contributed by atoms with Crippen molar-refractivity contribution in [3.05, 3.63) is 51.8 Å². The zero-order chi connectivity index (χ0) is 25.2. The van der Waals surface area contributed by atoms with Crippen LogP contribution in [0.1, 0.15) is 53.1 Å². The first-order chi connectivity index (χ1) is 17.4. The molecule has 2 aliphatic rings. The van der Waals surface area contributed by atoms with Gasteiger partial charge in [0.1, 0.15) is 0 Å². The van der Waals surface area contributed by atoms with E-state index in [1.54, 1.807) is 16.7 Å². The van der Waals surface area contributed by atoms with E-state index in [4.69, 9.17) is 25.8 Å². The second-order valence-electron chi connectivity index (χ2n) is 9.52. The Bertz CT molecular complexity index is 1280. The SMILES string of the molecule is CCCOC(=O)N1CCN(C(=O)c2ccc3c(Cl)c4c(nc3c2)CCC(Cc2noc(C)n2)C4)CC1. The summed E-state index contributed by atoms with van der Waals surface area (Å²) in [5, 5.41) is 5.59. The number of hydrogen-bond donors (Lipinski definition) is 0. The van der Waals surface area contributed by atoms with Crippen molar-refractivity contribution in [2.45, 2.75) is 46.0 Å². The smallest absolute Gasteiger partial charge is 0.409 e. The first-order valence-electron chi connectivity index (χ1n) is 12.5. The van der Waals surface area contributed by atoms with E-state index in [1.165, 1.54) is 0 Å². The number of piperazine rings is 1. The number of carbonyl (C=O) groups is 2. The maximum Gasteiger partial charge on any atom is 0.409 e. The van der Waals surface area contributed by atoms with Gasteiger partial charge in [-0.05, 0) is 49.3 Å². The van der Waals surface area contributed by atoms with Crippen LogP contribution < -0.4 is 0 Å². The van der Waals surface area contributed by atoms with Crippen LogP contribution >= 0.6 is 11.6 Å². The first-order valence-corrected chi connectivity index (χ1v) is 12.9. The van der Waals surface area contributed by atoms with E-state index in [0.717, 1.165) is 60.1 Å². The van der Waals surface area contributed by atoms with Crippen molar-refractivity contribution in [2.24, 2.45) is 5.92 Å². The molecule has 5 rings (SSSR count). The van der Waals surface area contributed by atoms with E-state index in [2.05, 4.69) is 10.1 Å². The van der Waals surface area contributed by atoms with Crippen LogP contribution in [0.15, 0.2) is 22.7 Å². The van der Waals surface area contributed by atoms with Gasteiger partial charge in [0.05, 0.1) is 17.1 Å². The predicted octanol–water partition coefficient (Wildman–Crippen LogP) is 4.23. The molecule has 0 bridgehead atoms. The maximum absolute atomic E-state index is 13.2. The molecule has 0 N–H and O–H groups in total. The molecule has 2 amide bonds. The molecule has 0 saturated carbocycles. The molecular formula is C26H30ClN5O4. The number of aryl methyl sites for hydroxylation is 2. The summed E-state index contributed by atoms with van der Waals surface area (Å²) in [6, 6.07) is 5.54. The molecule has 3 heterocycles. The van der Waals surface area contributed by atoms with Crippen molar-refractivity contribution in [1.29, 1.82) is 0 Å². The number of benzene rings is 1. The summed E-state index contributed by atoms with van der Waals surface area (Å²) in [4.78, 5) is 37.9. The van der Waals surface area contributed by atoms with Crippen LogP contribution in [-0.2, 0) is 24.0 Å². The second-order valence-corrected chi connectivity index (χ2v) is 9.90. The van der Waals surface area contributed by atoms with E-state index >= 15 is 0 Å². The number of rotatable bonds is 5. The fraction of sp³-hybridized carbons (Fsp3) is 0.500. The van der Waals surface area contributed by atoms with Crippen molar-refractivity contribution < 1.29 is 18.8 Å². The molecule has 190 valence electrons. The molecule has 1 atom stereocenters. The summed E-state index contributed by atoms with van der Waals surface area (Å²) in [6.07, 6.45) is 3.83. The van der Waals surface area contributed by atoms with Crippen LogP contribution in [0.2, 0.25) is 5.02 Å². The van der Waals surface area contributed by atoms with Crippen LogP contribution in [0, 0.1) is 12.8 Å². The molecule has 0 radical (unpaired) electrons. The molecule has 0 spiro atoms. The van der Waals surface area contributed by atoms with Gasteiger partial charge in [-0.1, -0.05) is 29.7 Å². The van der Waals surface area contributed by atoms with Crippen LogP contribution in [-0.4, -0.2) is 69.7 Å². The highest BCUT2D eigenvalue weighted by atomic mass is 35.5. The molecule has 2 aromatic heterocycles. The quantitative estimate of drug-likeness (QED) is 0.505. The fourth-order valence-corrected chi connectivity index (χ4v) is 5.35. The highest BCUT2D eigenvalue weighted by Crippen LogP contribution is 2.36. The van der Waals surface area contributed by atoms with Gasteiger partial charge < -0.3 is 19.1 Å². The van der Waals surface area contributed by atoms with Crippen molar-refractivity contribution in [3.63, 3.8) is 0 Å². The lowest BCUT2D eigenvalue weighted by Crippen LogP contribution is -2.50. The predicted molar refractivity (Wildman–Crippen MR) is 134 cm³/mol. The lowest BCUT2D eigenvalue weighted by atomic mass is 9.84. The Morgan fingerprint density at radius 3 is 2.67 bits per heavy atom. The number of ether oxygens (including phenoxy) is 1. The van der Waals surface area contributed by atoms with E-state index in [9.17, 15) is 9.59 Å². The normalized spacial score (nSPS) is 17.8. The third-order valence-electron chi connectivity index (χ3n) is 6.93. The van der Waals surface area contributed by atoms with Gasteiger partial charge in [-0.25, -0.2) is 4.79 Å². The number of pyridine rings is 1. The minimum atomic E-state index is -0.312. The molecule has 1 aliphatic carbocycles. The van der Waals surface area contributed by atoms with Crippen LogP contribution in [0.3, 0.4) is 0 Å². The third-order valence-corrected chi connectivity index (χ3v) is 7.36. The lowest BCUT2D eigenvalue weighted by Gasteiger charge is -2.34. The Kier molecular flexibility index (Phi) is 7.09. The van der Waals surface area contributed by atoms with Crippen molar-refractivity contribution in [1.82, 2.24) is 24.9 Å². The topological polar surface area (TPSA) is 102 Å². The van der Waals surface area contributed by atoms with E-state index < -0.39 is 0 Å². The summed E-state index contributed by atoms with van der Waals surface area (Å²) in [6.45, 7) is 6.03.